The second-order valence-electron chi connectivity index (χ2n) is 7.47. The van der Waals surface area contributed by atoms with E-state index in [0.29, 0.717) is 31.6 Å². The first-order valence-electron chi connectivity index (χ1n) is 9.53. The van der Waals surface area contributed by atoms with E-state index in [-0.39, 0.29) is 5.91 Å². The highest BCUT2D eigenvalue weighted by atomic mass is 16.1. The second kappa shape index (κ2) is 9.60. The molecule has 1 heterocycles. The summed E-state index contributed by atoms with van der Waals surface area (Å²) in [6.45, 7) is 13.4. The lowest BCUT2D eigenvalue weighted by molar-refractivity contribution is -0.122. The van der Waals surface area contributed by atoms with Crippen molar-refractivity contribution in [3.63, 3.8) is 0 Å². The van der Waals surface area contributed by atoms with Gasteiger partial charge in [0, 0.05) is 18.7 Å². The monoisotopic (exact) mass is 346 g/mol. The number of nitriles is 1. The largest absolute Gasteiger partial charge is 0.338 e. The Balaban J connectivity index is 2.76. The van der Waals surface area contributed by atoms with Crippen LogP contribution in [0.3, 0.4) is 0 Å². The molecule has 0 atom stereocenters. The zero-order chi connectivity index (χ0) is 19.0. The number of nitrogens with zero attached hydrogens (tertiary/aromatic N) is 3. The van der Waals surface area contributed by atoms with Crippen molar-refractivity contribution >= 4 is 5.91 Å². The molecular formula is C20H34N4O. The van der Waals surface area contributed by atoms with Gasteiger partial charge in [0.05, 0.1) is 11.8 Å². The highest BCUT2D eigenvalue weighted by Gasteiger charge is 2.30. The zero-order valence-electron chi connectivity index (χ0n) is 16.8. The minimum Gasteiger partial charge on any atom is -0.338 e. The Labute approximate surface area is 152 Å². The van der Waals surface area contributed by atoms with E-state index in [0.717, 1.165) is 36.3 Å². The second-order valence-corrected chi connectivity index (χ2v) is 7.47. The Morgan fingerprint density at radius 3 is 2.36 bits per heavy atom. The Kier molecular flexibility index (Phi) is 8.15. The van der Waals surface area contributed by atoms with Gasteiger partial charge in [-0.25, -0.2) is 0 Å². The molecule has 1 amide bonds. The quantitative estimate of drug-likeness (QED) is 0.694. The van der Waals surface area contributed by atoms with Gasteiger partial charge in [0.2, 0.25) is 5.91 Å². The molecule has 1 rings (SSSR count). The third kappa shape index (κ3) is 5.88. The van der Waals surface area contributed by atoms with E-state index in [2.05, 4.69) is 37.3 Å². The average Bonchev–Trinajstić information content (AvgIpc) is 2.79. The molecule has 0 saturated carbocycles. The molecular weight excluding hydrogens is 312 g/mol. The predicted molar refractivity (Wildman–Crippen MR) is 101 cm³/mol. The fraction of sp³-hybridized carbons (Fsp3) is 0.750. The Morgan fingerprint density at radius 1 is 1.28 bits per heavy atom. The van der Waals surface area contributed by atoms with Crippen LogP contribution in [0, 0.1) is 31.1 Å². The van der Waals surface area contributed by atoms with E-state index in [1.165, 1.54) is 0 Å². The summed E-state index contributed by atoms with van der Waals surface area (Å²) in [5.41, 5.74) is 2.59. The van der Waals surface area contributed by atoms with Crippen LogP contribution in [0.25, 0.3) is 0 Å². The minimum atomic E-state index is -0.716. The first kappa shape index (κ1) is 21.2. The third-order valence-electron chi connectivity index (χ3n) is 4.62. The number of nitrogens with one attached hydrogen (secondary N) is 1. The van der Waals surface area contributed by atoms with E-state index in [9.17, 15) is 10.1 Å². The molecule has 25 heavy (non-hydrogen) atoms. The van der Waals surface area contributed by atoms with E-state index in [1.54, 1.807) is 0 Å². The standard InChI is InChI=1S/C20H34N4O/c1-7-11-20(14-21,12-8-2)22-19(25)10-9-18-16(5)23-24(17(18)6)13-15(3)4/h15H,7-13H2,1-6H3,(H,22,25). The van der Waals surface area contributed by atoms with Crippen LogP contribution in [0.5, 0.6) is 0 Å². The van der Waals surface area contributed by atoms with Crippen molar-refractivity contribution in [1.82, 2.24) is 15.1 Å². The first-order valence-corrected chi connectivity index (χ1v) is 9.53. The topological polar surface area (TPSA) is 70.7 Å². The first-order chi connectivity index (χ1) is 11.8. The van der Waals surface area contributed by atoms with Crippen LogP contribution in [0.15, 0.2) is 0 Å². The summed E-state index contributed by atoms with van der Waals surface area (Å²) in [5, 5.41) is 17.2. The molecule has 1 aromatic rings. The van der Waals surface area contributed by atoms with Crippen molar-refractivity contribution in [1.29, 1.82) is 5.26 Å². The number of carbonyl (C=O) groups excluding carboxylic acids is 1. The molecule has 5 heteroatoms. The number of rotatable bonds is 10. The van der Waals surface area contributed by atoms with Crippen LogP contribution in [-0.4, -0.2) is 21.2 Å². The van der Waals surface area contributed by atoms with Gasteiger partial charge < -0.3 is 5.32 Å². The normalized spacial score (nSPS) is 11.6. The molecule has 140 valence electrons. The lowest BCUT2D eigenvalue weighted by Crippen LogP contribution is -2.47. The fourth-order valence-electron chi connectivity index (χ4n) is 3.43. The van der Waals surface area contributed by atoms with Crippen molar-refractivity contribution in [2.24, 2.45) is 5.92 Å². The molecule has 0 fully saturated rings. The molecule has 0 aliphatic heterocycles. The van der Waals surface area contributed by atoms with Crippen molar-refractivity contribution in [2.45, 2.75) is 92.2 Å². The van der Waals surface area contributed by atoms with Gasteiger partial charge >= 0.3 is 0 Å². The minimum absolute atomic E-state index is 0.0427. The van der Waals surface area contributed by atoms with Gasteiger partial charge in [0.25, 0.3) is 0 Å². The molecule has 5 nitrogen and oxygen atoms in total. The molecule has 1 N–H and O–H groups in total. The van der Waals surface area contributed by atoms with Gasteiger partial charge in [-0.2, -0.15) is 10.4 Å². The van der Waals surface area contributed by atoms with Crippen LogP contribution >= 0.6 is 0 Å². The average molecular weight is 347 g/mol. The Hall–Kier alpha value is -1.83. The lowest BCUT2D eigenvalue weighted by atomic mass is 9.90. The van der Waals surface area contributed by atoms with Crippen LogP contribution < -0.4 is 5.32 Å². The molecule has 0 aromatic carbocycles. The van der Waals surface area contributed by atoms with Crippen molar-refractivity contribution in [2.75, 3.05) is 0 Å². The number of aryl methyl sites for hydroxylation is 1. The SMILES string of the molecule is CCCC(C#N)(CCC)NC(=O)CCc1c(C)nn(CC(C)C)c1C. The van der Waals surface area contributed by atoms with Gasteiger partial charge in [-0.15, -0.1) is 0 Å². The number of carbonyl (C=O) groups is 1. The maximum Gasteiger partial charge on any atom is 0.221 e. The van der Waals surface area contributed by atoms with E-state index in [4.69, 9.17) is 0 Å². The molecule has 0 saturated heterocycles. The van der Waals surface area contributed by atoms with Crippen molar-refractivity contribution in [3.05, 3.63) is 17.0 Å². The fourth-order valence-corrected chi connectivity index (χ4v) is 3.43. The van der Waals surface area contributed by atoms with Gasteiger partial charge in [-0.3, -0.25) is 9.48 Å². The zero-order valence-corrected chi connectivity index (χ0v) is 16.8. The summed E-state index contributed by atoms with van der Waals surface area (Å²) in [5.74, 6) is 0.493. The highest BCUT2D eigenvalue weighted by molar-refractivity contribution is 5.77. The maximum absolute atomic E-state index is 12.5. The molecule has 0 spiro atoms. The van der Waals surface area contributed by atoms with Gasteiger partial charge in [0.1, 0.15) is 5.54 Å². The van der Waals surface area contributed by atoms with Gasteiger partial charge in [0.15, 0.2) is 0 Å². The maximum atomic E-state index is 12.5. The van der Waals surface area contributed by atoms with E-state index in [1.807, 2.05) is 25.5 Å². The smallest absolute Gasteiger partial charge is 0.221 e. The summed E-state index contributed by atoms with van der Waals surface area (Å²) >= 11 is 0. The van der Waals surface area contributed by atoms with Gasteiger partial charge in [-0.05, 0) is 44.6 Å². The molecule has 0 aliphatic rings. The number of aromatic nitrogens is 2. The molecule has 0 aliphatic carbocycles. The molecule has 1 aromatic heterocycles. The summed E-state index contributed by atoms with van der Waals surface area (Å²) < 4.78 is 2.04. The summed E-state index contributed by atoms with van der Waals surface area (Å²) in [7, 11) is 0. The Bertz CT molecular complexity index is 604. The van der Waals surface area contributed by atoms with E-state index >= 15 is 0 Å². The molecule has 0 bridgehead atoms. The van der Waals surface area contributed by atoms with E-state index < -0.39 is 5.54 Å². The Morgan fingerprint density at radius 2 is 1.88 bits per heavy atom. The number of amides is 1. The van der Waals surface area contributed by atoms with Gasteiger partial charge in [-0.1, -0.05) is 40.5 Å². The summed E-state index contributed by atoms with van der Waals surface area (Å²) in [6.07, 6.45) is 4.23. The predicted octanol–water partition coefficient (Wildman–Crippen LogP) is 4.07. The molecule has 0 radical (unpaired) electrons. The highest BCUT2D eigenvalue weighted by Crippen LogP contribution is 2.20. The van der Waals surface area contributed by atoms with Crippen LogP contribution in [0.2, 0.25) is 0 Å². The number of hydrogen-bond acceptors (Lipinski definition) is 3. The summed E-state index contributed by atoms with van der Waals surface area (Å²) in [6, 6.07) is 2.35. The van der Waals surface area contributed by atoms with Crippen LogP contribution in [-0.2, 0) is 17.8 Å². The number of hydrogen-bond donors (Lipinski definition) is 1. The van der Waals surface area contributed by atoms with Crippen LogP contribution in [0.1, 0.15) is 76.8 Å². The lowest BCUT2D eigenvalue weighted by Gasteiger charge is -2.27. The summed E-state index contributed by atoms with van der Waals surface area (Å²) in [4.78, 5) is 12.5. The van der Waals surface area contributed by atoms with Crippen molar-refractivity contribution < 1.29 is 4.79 Å². The molecule has 0 unspecified atom stereocenters. The third-order valence-corrected chi connectivity index (χ3v) is 4.62. The van der Waals surface area contributed by atoms with Crippen LogP contribution in [0.4, 0.5) is 0 Å². The van der Waals surface area contributed by atoms with Crippen molar-refractivity contribution in [3.8, 4) is 6.07 Å².